The summed E-state index contributed by atoms with van der Waals surface area (Å²) in [5.41, 5.74) is 4.31. The normalized spacial score (nSPS) is 25.5. The summed E-state index contributed by atoms with van der Waals surface area (Å²) < 4.78 is 5.41. The molecule has 0 radical (unpaired) electrons. The Morgan fingerprint density at radius 1 is 0.941 bits per heavy atom. The van der Waals surface area contributed by atoms with Gasteiger partial charge in [0.25, 0.3) is 5.69 Å². The van der Waals surface area contributed by atoms with E-state index in [0.29, 0.717) is 29.2 Å². The number of anilines is 1. The molecule has 7 heteroatoms. The van der Waals surface area contributed by atoms with E-state index in [1.807, 2.05) is 12.1 Å². The van der Waals surface area contributed by atoms with Crippen LogP contribution < -0.4 is 4.90 Å². The third-order valence-electron chi connectivity index (χ3n) is 7.66. The maximum Gasteiger partial charge on any atom is 0.338 e. The van der Waals surface area contributed by atoms with Gasteiger partial charge in [0.05, 0.1) is 10.5 Å². The smallest absolute Gasteiger partial charge is 0.338 e. The fraction of sp³-hybridized carbons (Fsp3) is 0.333. The van der Waals surface area contributed by atoms with E-state index in [4.69, 9.17) is 4.74 Å². The number of nitro groups is 1. The molecular weight excluding hydrogens is 432 g/mol. The van der Waals surface area contributed by atoms with Crippen LogP contribution in [-0.4, -0.2) is 36.4 Å². The maximum absolute atomic E-state index is 13.0. The molecular formula is C27H24N2O5. The van der Waals surface area contributed by atoms with Gasteiger partial charge in [-0.3, -0.25) is 14.9 Å². The van der Waals surface area contributed by atoms with Crippen molar-refractivity contribution < 1.29 is 19.2 Å². The van der Waals surface area contributed by atoms with Crippen LogP contribution in [0.1, 0.15) is 56.5 Å². The van der Waals surface area contributed by atoms with Crippen LogP contribution in [0.4, 0.5) is 11.4 Å². The largest absolute Gasteiger partial charge is 0.454 e. The monoisotopic (exact) mass is 456 g/mol. The first kappa shape index (κ1) is 20.8. The van der Waals surface area contributed by atoms with Gasteiger partial charge in [0, 0.05) is 48.3 Å². The second kappa shape index (κ2) is 7.94. The van der Waals surface area contributed by atoms with E-state index in [-0.39, 0.29) is 11.3 Å². The number of benzene rings is 2. The van der Waals surface area contributed by atoms with Crippen molar-refractivity contribution in [1.29, 1.82) is 0 Å². The molecule has 7 nitrogen and oxygen atoms in total. The summed E-state index contributed by atoms with van der Waals surface area (Å²) in [6.07, 6.45) is 11.1. The first-order valence-electron chi connectivity index (χ1n) is 11.7. The number of esters is 1. The Hall–Kier alpha value is -3.74. The summed E-state index contributed by atoms with van der Waals surface area (Å²) in [6, 6.07) is 9.21. The predicted molar refractivity (Wildman–Crippen MR) is 126 cm³/mol. The Balaban J connectivity index is 1.27. The molecule has 0 bridgehead atoms. The lowest BCUT2D eigenvalue weighted by atomic mass is 9.74. The number of Topliss-reactive ketones (excluding diaryl/α,β-unsaturated/α-hetero) is 1. The fourth-order valence-corrected chi connectivity index (χ4v) is 6.06. The Morgan fingerprint density at radius 2 is 1.53 bits per heavy atom. The number of nitro benzene ring substituents is 1. The molecule has 0 saturated carbocycles. The van der Waals surface area contributed by atoms with Crippen molar-refractivity contribution in [2.45, 2.75) is 24.7 Å². The van der Waals surface area contributed by atoms with Crippen LogP contribution in [0.5, 0.6) is 0 Å². The zero-order valence-corrected chi connectivity index (χ0v) is 18.6. The number of nitrogens with zero attached hydrogens (tertiary/aromatic N) is 2. The lowest BCUT2D eigenvalue weighted by Crippen LogP contribution is -2.43. The lowest BCUT2D eigenvalue weighted by molar-refractivity contribution is -0.384. The van der Waals surface area contributed by atoms with Crippen molar-refractivity contribution in [3.05, 3.63) is 93.1 Å². The molecule has 2 aromatic rings. The molecule has 2 heterocycles. The van der Waals surface area contributed by atoms with E-state index in [9.17, 15) is 19.7 Å². The number of hydrogen-bond acceptors (Lipinski definition) is 6. The number of carbonyl (C=O) groups is 2. The maximum atomic E-state index is 13.0. The van der Waals surface area contributed by atoms with Crippen LogP contribution in [0.25, 0.3) is 0 Å². The Labute approximate surface area is 196 Å². The zero-order chi connectivity index (χ0) is 23.4. The molecule has 172 valence electrons. The molecule has 6 rings (SSSR count). The van der Waals surface area contributed by atoms with Crippen LogP contribution in [-0.2, 0) is 4.74 Å². The van der Waals surface area contributed by atoms with Gasteiger partial charge in [0.15, 0.2) is 12.4 Å². The average Bonchev–Trinajstić information content (AvgIpc) is 3.52. The van der Waals surface area contributed by atoms with Gasteiger partial charge >= 0.3 is 5.97 Å². The van der Waals surface area contributed by atoms with E-state index in [2.05, 4.69) is 29.2 Å². The van der Waals surface area contributed by atoms with Crippen molar-refractivity contribution in [2.24, 2.45) is 11.8 Å². The van der Waals surface area contributed by atoms with E-state index >= 15 is 0 Å². The number of hydrogen-bond donors (Lipinski definition) is 0. The number of ether oxygens (including phenoxy) is 1. The molecule has 0 aromatic heterocycles. The fourth-order valence-electron chi connectivity index (χ4n) is 6.06. The molecule has 0 spiro atoms. The van der Waals surface area contributed by atoms with E-state index in [1.54, 1.807) is 0 Å². The van der Waals surface area contributed by atoms with Crippen molar-refractivity contribution in [1.82, 2.24) is 0 Å². The Kier molecular flexibility index (Phi) is 4.86. The number of fused-ring (bicyclic) bond motifs is 4. The van der Waals surface area contributed by atoms with Gasteiger partial charge in [0.2, 0.25) is 0 Å². The highest BCUT2D eigenvalue weighted by atomic mass is 16.6. The highest BCUT2D eigenvalue weighted by Gasteiger charge is 2.42. The van der Waals surface area contributed by atoms with Gasteiger partial charge in [-0.05, 0) is 60.1 Å². The molecule has 4 atom stereocenters. The van der Waals surface area contributed by atoms with Gasteiger partial charge in [-0.25, -0.2) is 4.79 Å². The van der Waals surface area contributed by atoms with E-state index in [1.165, 1.54) is 41.1 Å². The van der Waals surface area contributed by atoms with Crippen molar-refractivity contribution >= 4 is 23.1 Å². The summed E-state index contributed by atoms with van der Waals surface area (Å²) in [5, 5.41) is 10.8. The van der Waals surface area contributed by atoms with E-state index in [0.717, 1.165) is 25.9 Å². The predicted octanol–water partition coefficient (Wildman–Crippen LogP) is 4.79. The molecule has 0 saturated heterocycles. The van der Waals surface area contributed by atoms with Gasteiger partial charge < -0.3 is 9.64 Å². The van der Waals surface area contributed by atoms with Crippen molar-refractivity contribution in [3.8, 4) is 0 Å². The molecule has 2 aliphatic carbocycles. The molecule has 4 aliphatic rings. The summed E-state index contributed by atoms with van der Waals surface area (Å²) >= 11 is 0. The van der Waals surface area contributed by atoms with Crippen molar-refractivity contribution in [3.63, 3.8) is 0 Å². The molecule has 0 fully saturated rings. The molecule has 0 unspecified atom stereocenters. The first-order chi connectivity index (χ1) is 16.5. The highest BCUT2D eigenvalue weighted by Crippen LogP contribution is 2.53. The van der Waals surface area contributed by atoms with Crippen LogP contribution in [0, 0.1) is 22.0 Å². The minimum atomic E-state index is -0.522. The van der Waals surface area contributed by atoms with Crippen LogP contribution >= 0.6 is 0 Å². The minimum absolute atomic E-state index is 0.0934. The third kappa shape index (κ3) is 3.34. The Morgan fingerprint density at radius 3 is 2.09 bits per heavy atom. The number of carbonyl (C=O) groups excluding carboxylic acids is 2. The zero-order valence-electron chi connectivity index (χ0n) is 18.6. The molecule has 2 aliphatic heterocycles. The summed E-state index contributed by atoms with van der Waals surface area (Å²) in [5.74, 6) is 0.755. The van der Waals surface area contributed by atoms with Gasteiger partial charge in [-0.1, -0.05) is 24.3 Å². The number of allylic oxidation sites excluding steroid dienone is 4. The SMILES string of the molecule is O=C(COC(=O)c1cc2c3c(c1)[C@@H]1C=CC[C@@H]1CN3C[C@@H]1CC=C[C@H]21)c1ccc([N+](=O)[O-])cc1. The number of rotatable bonds is 5. The third-order valence-corrected chi connectivity index (χ3v) is 7.66. The van der Waals surface area contributed by atoms with Gasteiger partial charge in [-0.2, -0.15) is 0 Å². The lowest BCUT2D eigenvalue weighted by Gasteiger charge is -2.46. The van der Waals surface area contributed by atoms with Gasteiger partial charge in [0.1, 0.15) is 0 Å². The molecule has 34 heavy (non-hydrogen) atoms. The second-order valence-electron chi connectivity index (χ2n) is 9.61. The minimum Gasteiger partial charge on any atom is -0.454 e. The summed E-state index contributed by atoms with van der Waals surface area (Å²) in [7, 11) is 0. The van der Waals surface area contributed by atoms with E-state index < -0.39 is 23.3 Å². The molecule has 0 N–H and O–H groups in total. The standard InChI is InChI=1S/C27H24N2O5/c30-25(16-7-9-20(10-8-16)29(32)33)15-34-27(31)19-11-23-21-5-1-3-17(21)13-28-14-18-4-2-6-22(18)24(12-19)26(23)28/h1-2,5-12,17-18,21-22H,3-4,13-15H2/t17-,18+,21-,22+. The van der Waals surface area contributed by atoms with Crippen LogP contribution in [0.15, 0.2) is 60.7 Å². The van der Waals surface area contributed by atoms with Gasteiger partial charge in [-0.15, -0.1) is 0 Å². The summed E-state index contributed by atoms with van der Waals surface area (Å²) in [4.78, 5) is 38.3. The number of ketones is 1. The summed E-state index contributed by atoms with van der Waals surface area (Å²) in [6.45, 7) is 1.69. The Bertz CT molecular complexity index is 1210. The highest BCUT2D eigenvalue weighted by molar-refractivity contribution is 5.99. The quantitative estimate of drug-likeness (QED) is 0.211. The molecule has 0 amide bonds. The van der Waals surface area contributed by atoms with Crippen LogP contribution in [0.3, 0.4) is 0 Å². The first-order valence-corrected chi connectivity index (χ1v) is 11.7. The molecule has 2 aromatic carbocycles. The topological polar surface area (TPSA) is 89.8 Å². The van der Waals surface area contributed by atoms with Crippen molar-refractivity contribution in [2.75, 3.05) is 24.6 Å². The van der Waals surface area contributed by atoms with Crippen LogP contribution in [0.2, 0.25) is 0 Å². The second-order valence-corrected chi connectivity index (χ2v) is 9.61. The number of non-ortho nitro benzene ring substituents is 1. The average molecular weight is 456 g/mol.